The normalized spacial score (nSPS) is 11.4. The van der Waals surface area contributed by atoms with Crippen LogP contribution in [0.1, 0.15) is 16.7 Å². The van der Waals surface area contributed by atoms with E-state index in [1.807, 2.05) is 84.9 Å². The summed E-state index contributed by atoms with van der Waals surface area (Å²) >= 11 is 0. The smallest absolute Gasteiger partial charge is 0.178 e. The van der Waals surface area contributed by atoms with E-state index >= 15 is 0 Å². The van der Waals surface area contributed by atoms with Crippen LogP contribution in [0.15, 0.2) is 152 Å². The van der Waals surface area contributed by atoms with Gasteiger partial charge in [-0.2, -0.15) is 0 Å². The maximum Gasteiger partial charge on any atom is 0.178 e. The molecule has 0 radical (unpaired) electrons. The van der Waals surface area contributed by atoms with E-state index in [-0.39, 0.29) is 0 Å². The van der Waals surface area contributed by atoms with Gasteiger partial charge in [-0.3, -0.25) is 0 Å². The number of pyridine rings is 2. The van der Waals surface area contributed by atoms with Gasteiger partial charge in [-0.05, 0) is 92.1 Å². The molecule has 0 saturated carbocycles. The van der Waals surface area contributed by atoms with Gasteiger partial charge in [-0.15, -0.1) is 0 Å². The van der Waals surface area contributed by atoms with Crippen LogP contribution in [-0.2, 0) is 0 Å². The lowest BCUT2D eigenvalue weighted by atomic mass is 9.92. The first-order valence-electron chi connectivity index (χ1n) is 18.8. The summed E-state index contributed by atoms with van der Waals surface area (Å²) in [5, 5.41) is 0. The molecule has 57 heavy (non-hydrogen) atoms. The molecule has 5 aromatic heterocycles. The van der Waals surface area contributed by atoms with Gasteiger partial charge >= 0.3 is 0 Å². The highest BCUT2D eigenvalue weighted by molar-refractivity contribution is 5.94. The molecule has 0 saturated heterocycles. The molecule has 8 heteroatoms. The molecule has 5 aromatic carbocycles. The number of aromatic nitrogens is 8. The Labute approximate surface area is 329 Å². The highest BCUT2D eigenvalue weighted by Crippen LogP contribution is 2.42. The minimum absolute atomic E-state index is 0.577. The molecule has 8 nitrogen and oxygen atoms in total. The average Bonchev–Trinajstić information content (AvgIpc) is 3.25. The zero-order valence-electron chi connectivity index (χ0n) is 31.5. The second-order valence-electron chi connectivity index (χ2n) is 14.2. The first-order valence-corrected chi connectivity index (χ1v) is 18.8. The molecule has 0 bridgehead atoms. The predicted octanol–water partition coefficient (Wildman–Crippen LogP) is 11.2. The van der Waals surface area contributed by atoms with Gasteiger partial charge in [0.1, 0.15) is 11.0 Å². The lowest BCUT2D eigenvalue weighted by Gasteiger charge is -2.18. The highest BCUT2D eigenvalue weighted by atomic mass is 14.9. The van der Waals surface area contributed by atoms with E-state index in [1.165, 1.54) is 0 Å². The third-order valence-electron chi connectivity index (χ3n) is 10.4. The summed E-state index contributed by atoms with van der Waals surface area (Å²) in [5.74, 6) is 0. The van der Waals surface area contributed by atoms with Crippen molar-refractivity contribution in [3.05, 3.63) is 169 Å². The maximum absolute atomic E-state index is 5.37. The summed E-state index contributed by atoms with van der Waals surface area (Å²) < 4.78 is 0. The van der Waals surface area contributed by atoms with Crippen molar-refractivity contribution in [1.82, 2.24) is 39.9 Å². The lowest BCUT2D eigenvalue weighted by molar-refractivity contribution is 1.21. The van der Waals surface area contributed by atoms with Crippen LogP contribution in [0.25, 0.3) is 101 Å². The van der Waals surface area contributed by atoms with Crippen molar-refractivity contribution in [2.24, 2.45) is 0 Å². The Balaban J connectivity index is 1.34. The SMILES string of the molecule is Cc1ccccc1-c1nc2ccccc2nc1-c1cc(-c2nc3cccnc3nc2-c2ccccc2C)cc(-c2nc3cccnc3nc2-c2ccccc2C)c1. The molecule has 0 fully saturated rings. The number of fused-ring (bicyclic) bond motifs is 3. The first kappa shape index (κ1) is 33.9. The van der Waals surface area contributed by atoms with Crippen LogP contribution in [0.5, 0.6) is 0 Å². The zero-order valence-corrected chi connectivity index (χ0v) is 31.5. The van der Waals surface area contributed by atoms with E-state index < -0.39 is 0 Å². The van der Waals surface area contributed by atoms with Gasteiger partial charge in [0.25, 0.3) is 0 Å². The van der Waals surface area contributed by atoms with E-state index in [1.54, 1.807) is 12.4 Å². The quantitative estimate of drug-likeness (QED) is 0.166. The number of para-hydroxylation sites is 2. The number of benzene rings is 5. The van der Waals surface area contributed by atoms with Crippen LogP contribution in [0.4, 0.5) is 0 Å². The van der Waals surface area contributed by atoms with Gasteiger partial charge in [0.15, 0.2) is 11.3 Å². The molecule has 0 spiro atoms. The Kier molecular flexibility index (Phi) is 8.29. The minimum atomic E-state index is 0.577. The van der Waals surface area contributed by atoms with Crippen molar-refractivity contribution >= 4 is 33.4 Å². The summed E-state index contributed by atoms with van der Waals surface area (Å²) in [6.45, 7) is 6.30. The van der Waals surface area contributed by atoms with E-state index in [4.69, 9.17) is 29.9 Å². The molecule has 0 unspecified atom stereocenters. The zero-order chi connectivity index (χ0) is 38.5. The summed E-state index contributed by atoms with van der Waals surface area (Å²) in [4.78, 5) is 40.9. The third kappa shape index (κ3) is 6.13. The molecule has 10 rings (SSSR count). The van der Waals surface area contributed by atoms with Crippen LogP contribution in [0.2, 0.25) is 0 Å². The topological polar surface area (TPSA) is 103 Å². The van der Waals surface area contributed by atoms with Gasteiger partial charge in [-0.25, -0.2) is 39.9 Å². The standard InChI is InChI=1S/C49H34N8/c1-29-14-4-7-17-35(29)45-42(52-38-20-10-11-21-39(38)53-45)32-26-33(43-46(36-18-8-5-15-30(36)2)56-48-40(54-43)22-12-24-50-48)28-34(27-32)44-47(37-19-9-6-16-31(37)3)57-49-41(55-44)23-13-25-51-49/h4-28H,1-3H3. The monoisotopic (exact) mass is 734 g/mol. The maximum atomic E-state index is 5.37. The number of nitrogens with zero attached hydrogens (tertiary/aromatic N) is 8. The molecular weight excluding hydrogens is 701 g/mol. The van der Waals surface area contributed by atoms with E-state index in [0.717, 1.165) is 83.9 Å². The molecule has 0 amide bonds. The second-order valence-corrected chi connectivity index (χ2v) is 14.2. The summed E-state index contributed by atoms with van der Waals surface area (Å²) in [6, 6.07) is 47.0. The van der Waals surface area contributed by atoms with E-state index in [2.05, 4.69) is 85.3 Å². The van der Waals surface area contributed by atoms with Crippen LogP contribution >= 0.6 is 0 Å². The van der Waals surface area contributed by atoms with Crippen LogP contribution in [-0.4, -0.2) is 39.9 Å². The fraction of sp³-hybridized carbons (Fsp3) is 0.0612. The third-order valence-corrected chi connectivity index (χ3v) is 10.4. The number of hydrogen-bond donors (Lipinski definition) is 0. The molecule has 0 aliphatic heterocycles. The first-order chi connectivity index (χ1) is 28.0. The van der Waals surface area contributed by atoms with Crippen molar-refractivity contribution < 1.29 is 0 Å². The number of rotatable bonds is 6. The molecule has 5 heterocycles. The van der Waals surface area contributed by atoms with Crippen molar-refractivity contribution in [2.75, 3.05) is 0 Å². The molecule has 0 aliphatic rings. The Morgan fingerprint density at radius 3 is 1.02 bits per heavy atom. The van der Waals surface area contributed by atoms with Gasteiger partial charge in [0.2, 0.25) is 0 Å². The lowest BCUT2D eigenvalue weighted by Crippen LogP contribution is -2.02. The molecule has 0 aliphatic carbocycles. The minimum Gasteiger partial charge on any atom is -0.244 e. The Morgan fingerprint density at radius 1 is 0.298 bits per heavy atom. The van der Waals surface area contributed by atoms with E-state index in [9.17, 15) is 0 Å². The van der Waals surface area contributed by atoms with Gasteiger partial charge in [-0.1, -0.05) is 84.9 Å². The number of hydrogen-bond acceptors (Lipinski definition) is 8. The Hall–Kier alpha value is -7.58. The van der Waals surface area contributed by atoms with Gasteiger partial charge in [0, 0.05) is 45.8 Å². The van der Waals surface area contributed by atoms with E-state index in [0.29, 0.717) is 33.7 Å². The predicted molar refractivity (Wildman–Crippen MR) is 228 cm³/mol. The van der Waals surface area contributed by atoms with Crippen molar-refractivity contribution in [2.45, 2.75) is 20.8 Å². The molecule has 10 aromatic rings. The fourth-order valence-corrected chi connectivity index (χ4v) is 7.51. The Morgan fingerprint density at radius 2 is 0.614 bits per heavy atom. The van der Waals surface area contributed by atoms with Crippen molar-refractivity contribution in [1.29, 1.82) is 0 Å². The molecule has 0 N–H and O–H groups in total. The summed E-state index contributed by atoms with van der Waals surface area (Å²) in [5.41, 5.74) is 17.3. The van der Waals surface area contributed by atoms with Gasteiger partial charge < -0.3 is 0 Å². The summed E-state index contributed by atoms with van der Waals surface area (Å²) in [6.07, 6.45) is 3.51. The average molecular weight is 735 g/mol. The van der Waals surface area contributed by atoms with Crippen LogP contribution in [0, 0.1) is 20.8 Å². The highest BCUT2D eigenvalue weighted by Gasteiger charge is 2.23. The second kappa shape index (κ2) is 13.9. The van der Waals surface area contributed by atoms with Gasteiger partial charge in [0.05, 0.1) is 45.2 Å². The van der Waals surface area contributed by atoms with Crippen molar-refractivity contribution in [3.8, 4) is 67.5 Å². The van der Waals surface area contributed by atoms with Crippen LogP contribution in [0.3, 0.4) is 0 Å². The van der Waals surface area contributed by atoms with Crippen LogP contribution < -0.4 is 0 Å². The van der Waals surface area contributed by atoms with Crippen molar-refractivity contribution in [3.63, 3.8) is 0 Å². The Bertz CT molecular complexity index is 2840. The molecule has 0 atom stereocenters. The molecular formula is C49H34N8. The molecule has 270 valence electrons. The largest absolute Gasteiger partial charge is 0.244 e. The fourth-order valence-electron chi connectivity index (χ4n) is 7.51. The summed E-state index contributed by atoms with van der Waals surface area (Å²) in [7, 11) is 0. The number of aryl methyl sites for hydroxylation is 3.